The van der Waals surface area contributed by atoms with Gasteiger partial charge in [0.2, 0.25) is 5.95 Å². The van der Waals surface area contributed by atoms with E-state index in [1.54, 1.807) is 12.4 Å². The van der Waals surface area contributed by atoms with Crippen molar-refractivity contribution in [3.8, 4) is 0 Å². The zero-order valence-corrected chi connectivity index (χ0v) is 17.1. The van der Waals surface area contributed by atoms with Crippen LogP contribution in [0.2, 0.25) is 0 Å². The van der Waals surface area contributed by atoms with Gasteiger partial charge in [0, 0.05) is 41.7 Å². The zero-order chi connectivity index (χ0) is 20.9. The highest BCUT2D eigenvalue weighted by Crippen LogP contribution is 2.24. The maximum Gasteiger partial charge on any atom is 0.258 e. The lowest BCUT2D eigenvalue weighted by Crippen LogP contribution is -2.15. The standard InChI is InChI=1S/C24H25N5O/c1-16(2)19-7-3-6-10-22(19)29-23(30)18-14-27-24(28-15-18)25-12-11-17-13-26-21-9-5-4-8-20(17)21/h3-10,13-16,26H,11-12H2,1-2H3,(H,29,30)(H,25,27,28). The minimum Gasteiger partial charge on any atom is -0.361 e. The largest absolute Gasteiger partial charge is 0.361 e. The molecule has 1 amide bonds. The van der Waals surface area contributed by atoms with E-state index in [0.717, 1.165) is 23.2 Å². The molecule has 0 saturated carbocycles. The Morgan fingerprint density at radius 1 is 1.03 bits per heavy atom. The number of carbonyl (C=O) groups excluding carboxylic acids is 1. The van der Waals surface area contributed by atoms with Crippen LogP contribution in [-0.4, -0.2) is 27.4 Å². The van der Waals surface area contributed by atoms with E-state index >= 15 is 0 Å². The van der Waals surface area contributed by atoms with E-state index in [4.69, 9.17) is 0 Å². The second-order valence-corrected chi connectivity index (χ2v) is 7.53. The van der Waals surface area contributed by atoms with Crippen LogP contribution in [0.5, 0.6) is 0 Å². The molecule has 0 spiro atoms. The number of aromatic amines is 1. The number of fused-ring (bicyclic) bond motifs is 1. The van der Waals surface area contributed by atoms with Gasteiger partial charge in [-0.2, -0.15) is 0 Å². The summed E-state index contributed by atoms with van der Waals surface area (Å²) in [7, 11) is 0. The van der Waals surface area contributed by atoms with Crippen molar-refractivity contribution in [1.29, 1.82) is 0 Å². The molecule has 0 aliphatic rings. The summed E-state index contributed by atoms with van der Waals surface area (Å²) >= 11 is 0. The van der Waals surface area contributed by atoms with E-state index in [9.17, 15) is 4.79 Å². The van der Waals surface area contributed by atoms with Crippen molar-refractivity contribution in [3.63, 3.8) is 0 Å². The fourth-order valence-electron chi connectivity index (χ4n) is 3.49. The normalized spacial score (nSPS) is 11.0. The number of carbonyl (C=O) groups is 1. The van der Waals surface area contributed by atoms with Crippen molar-refractivity contribution in [2.45, 2.75) is 26.2 Å². The van der Waals surface area contributed by atoms with Gasteiger partial charge < -0.3 is 15.6 Å². The van der Waals surface area contributed by atoms with Crippen LogP contribution in [0.25, 0.3) is 10.9 Å². The van der Waals surface area contributed by atoms with Crippen molar-refractivity contribution >= 4 is 28.4 Å². The first-order chi connectivity index (χ1) is 14.6. The zero-order valence-electron chi connectivity index (χ0n) is 17.1. The predicted octanol–water partition coefficient (Wildman–Crippen LogP) is 4.99. The van der Waals surface area contributed by atoms with E-state index in [1.165, 1.54) is 10.9 Å². The van der Waals surface area contributed by atoms with Crippen molar-refractivity contribution in [2.24, 2.45) is 0 Å². The van der Waals surface area contributed by atoms with Crippen molar-refractivity contribution in [1.82, 2.24) is 15.0 Å². The lowest BCUT2D eigenvalue weighted by Gasteiger charge is -2.13. The molecule has 0 fully saturated rings. The number of nitrogens with zero attached hydrogens (tertiary/aromatic N) is 2. The lowest BCUT2D eigenvalue weighted by atomic mass is 10.0. The molecule has 4 rings (SSSR count). The Balaban J connectivity index is 1.35. The van der Waals surface area contributed by atoms with Gasteiger partial charge in [0.1, 0.15) is 0 Å². The summed E-state index contributed by atoms with van der Waals surface area (Å²) in [5.41, 5.74) is 4.73. The summed E-state index contributed by atoms with van der Waals surface area (Å²) in [4.78, 5) is 24.4. The number of anilines is 2. The number of aromatic nitrogens is 3. The molecule has 3 N–H and O–H groups in total. The van der Waals surface area contributed by atoms with Gasteiger partial charge in [-0.15, -0.1) is 0 Å². The second-order valence-electron chi connectivity index (χ2n) is 7.53. The Hall–Kier alpha value is -3.67. The number of rotatable bonds is 7. The number of para-hydroxylation sites is 2. The number of benzene rings is 2. The maximum atomic E-state index is 12.6. The number of hydrogen-bond acceptors (Lipinski definition) is 4. The Labute approximate surface area is 175 Å². The molecule has 2 aromatic heterocycles. The van der Waals surface area contributed by atoms with Crippen LogP contribution in [0, 0.1) is 0 Å². The van der Waals surface area contributed by atoms with E-state index in [-0.39, 0.29) is 5.91 Å². The highest BCUT2D eigenvalue weighted by atomic mass is 16.1. The highest BCUT2D eigenvalue weighted by Gasteiger charge is 2.12. The number of H-pyrrole nitrogens is 1. The summed E-state index contributed by atoms with van der Waals surface area (Å²) in [5, 5.41) is 7.41. The third-order valence-corrected chi connectivity index (χ3v) is 5.10. The fourth-order valence-corrected chi connectivity index (χ4v) is 3.49. The minimum absolute atomic E-state index is 0.214. The second kappa shape index (κ2) is 8.78. The van der Waals surface area contributed by atoms with Crippen LogP contribution in [-0.2, 0) is 6.42 Å². The molecule has 152 valence electrons. The van der Waals surface area contributed by atoms with Crippen molar-refractivity contribution < 1.29 is 4.79 Å². The minimum atomic E-state index is -0.214. The van der Waals surface area contributed by atoms with Gasteiger partial charge in [-0.25, -0.2) is 9.97 Å². The molecule has 2 aromatic carbocycles. The van der Waals surface area contributed by atoms with Crippen LogP contribution in [0.15, 0.2) is 67.1 Å². The first-order valence-electron chi connectivity index (χ1n) is 10.1. The smallest absolute Gasteiger partial charge is 0.258 e. The topological polar surface area (TPSA) is 82.7 Å². The van der Waals surface area contributed by atoms with Gasteiger partial charge in [0.05, 0.1) is 5.56 Å². The molecule has 0 atom stereocenters. The molecule has 0 radical (unpaired) electrons. The van der Waals surface area contributed by atoms with E-state index in [2.05, 4.69) is 51.6 Å². The molecule has 4 aromatic rings. The predicted molar refractivity (Wildman–Crippen MR) is 121 cm³/mol. The van der Waals surface area contributed by atoms with Crippen LogP contribution in [0.3, 0.4) is 0 Å². The van der Waals surface area contributed by atoms with Crippen molar-refractivity contribution in [2.75, 3.05) is 17.2 Å². The van der Waals surface area contributed by atoms with E-state index < -0.39 is 0 Å². The van der Waals surface area contributed by atoms with Gasteiger partial charge in [0.15, 0.2) is 0 Å². The molecular formula is C24H25N5O. The molecule has 6 nitrogen and oxygen atoms in total. The molecule has 0 saturated heterocycles. The number of hydrogen-bond donors (Lipinski definition) is 3. The van der Waals surface area contributed by atoms with Gasteiger partial charge in [-0.1, -0.05) is 50.2 Å². The monoisotopic (exact) mass is 399 g/mol. The Kier molecular flexibility index (Phi) is 5.75. The third-order valence-electron chi connectivity index (χ3n) is 5.10. The molecule has 30 heavy (non-hydrogen) atoms. The summed E-state index contributed by atoms with van der Waals surface area (Å²) in [6, 6.07) is 16.1. The van der Waals surface area contributed by atoms with Gasteiger partial charge >= 0.3 is 0 Å². The van der Waals surface area contributed by atoms with E-state index in [0.29, 0.717) is 24.0 Å². The average Bonchev–Trinajstić information content (AvgIpc) is 3.17. The molecule has 2 heterocycles. The average molecular weight is 399 g/mol. The number of amides is 1. The van der Waals surface area contributed by atoms with Crippen molar-refractivity contribution in [3.05, 3.63) is 83.8 Å². The molecule has 0 aliphatic carbocycles. The van der Waals surface area contributed by atoms with Crippen LogP contribution in [0.4, 0.5) is 11.6 Å². The molecule has 6 heteroatoms. The summed E-state index contributed by atoms with van der Waals surface area (Å²) in [6.07, 6.45) is 5.99. The summed E-state index contributed by atoms with van der Waals surface area (Å²) in [6.45, 7) is 4.91. The van der Waals surface area contributed by atoms with Gasteiger partial charge in [-0.3, -0.25) is 4.79 Å². The van der Waals surface area contributed by atoms with Crippen LogP contribution >= 0.6 is 0 Å². The first-order valence-corrected chi connectivity index (χ1v) is 10.1. The molecule has 0 aliphatic heterocycles. The third kappa shape index (κ3) is 4.33. The van der Waals surface area contributed by atoms with Crippen LogP contribution in [0.1, 0.15) is 41.3 Å². The van der Waals surface area contributed by atoms with Crippen LogP contribution < -0.4 is 10.6 Å². The van der Waals surface area contributed by atoms with E-state index in [1.807, 2.05) is 42.6 Å². The molecule has 0 bridgehead atoms. The SMILES string of the molecule is CC(C)c1ccccc1NC(=O)c1cnc(NCCc2c[nH]c3ccccc23)nc1. The molecular weight excluding hydrogens is 374 g/mol. The quantitative estimate of drug-likeness (QED) is 0.409. The molecule has 0 unspecified atom stereocenters. The Morgan fingerprint density at radius 3 is 2.57 bits per heavy atom. The first kappa shape index (κ1) is 19.6. The summed E-state index contributed by atoms with van der Waals surface area (Å²) in [5.74, 6) is 0.615. The highest BCUT2D eigenvalue weighted by molar-refractivity contribution is 6.04. The summed E-state index contributed by atoms with van der Waals surface area (Å²) < 4.78 is 0. The Bertz CT molecular complexity index is 1150. The number of nitrogens with one attached hydrogen (secondary N) is 3. The van der Waals surface area contributed by atoms with Gasteiger partial charge in [0.25, 0.3) is 5.91 Å². The fraction of sp³-hybridized carbons (Fsp3) is 0.208. The maximum absolute atomic E-state index is 12.6. The Morgan fingerprint density at radius 2 is 1.77 bits per heavy atom. The van der Waals surface area contributed by atoms with Gasteiger partial charge in [-0.05, 0) is 35.6 Å². The lowest BCUT2D eigenvalue weighted by molar-refractivity contribution is 0.102.